The van der Waals surface area contributed by atoms with E-state index in [2.05, 4.69) is 22.0 Å². The third-order valence-electron chi connectivity index (χ3n) is 5.58. The SMILES string of the molecule is Cc1cccc(CN2C[C@H]3C[C@@H](CC(=O)N4CCCC4)O[C@H]3C2)n1. The molecule has 0 saturated carbocycles. The Balaban J connectivity index is 1.26. The number of likely N-dealkylation sites (tertiary alicyclic amines) is 2. The van der Waals surface area contributed by atoms with Crippen LogP contribution < -0.4 is 0 Å². The van der Waals surface area contributed by atoms with Crippen LogP contribution in [0.15, 0.2) is 18.2 Å². The van der Waals surface area contributed by atoms with Gasteiger partial charge in [0.05, 0.1) is 24.3 Å². The molecule has 5 nitrogen and oxygen atoms in total. The van der Waals surface area contributed by atoms with Crippen LogP contribution in [0.2, 0.25) is 0 Å². The van der Waals surface area contributed by atoms with E-state index in [-0.39, 0.29) is 6.10 Å². The van der Waals surface area contributed by atoms with Crippen molar-refractivity contribution in [3.63, 3.8) is 0 Å². The van der Waals surface area contributed by atoms with E-state index < -0.39 is 0 Å². The first-order valence-corrected chi connectivity index (χ1v) is 9.25. The standard InChI is InChI=1S/C19H27N3O2/c1-14-5-4-6-16(20-14)12-21-11-15-9-17(24-18(15)13-21)10-19(23)22-7-2-3-8-22/h4-6,15,17-18H,2-3,7-13H2,1H3/t15-,17+,18+/m1/s1. The summed E-state index contributed by atoms with van der Waals surface area (Å²) in [6.45, 7) is 6.84. The van der Waals surface area contributed by atoms with Crippen molar-refractivity contribution in [1.82, 2.24) is 14.8 Å². The second-order valence-corrected chi connectivity index (χ2v) is 7.55. The third kappa shape index (κ3) is 3.47. The van der Waals surface area contributed by atoms with Crippen LogP contribution in [0.4, 0.5) is 0 Å². The largest absolute Gasteiger partial charge is 0.373 e. The molecule has 0 N–H and O–H groups in total. The van der Waals surface area contributed by atoms with Gasteiger partial charge in [0.2, 0.25) is 5.91 Å². The molecule has 0 aliphatic carbocycles. The van der Waals surface area contributed by atoms with E-state index in [1.807, 2.05) is 17.9 Å². The number of rotatable bonds is 4. The number of hydrogen-bond acceptors (Lipinski definition) is 4. The number of aryl methyl sites for hydroxylation is 1. The Morgan fingerprint density at radius 2 is 2.12 bits per heavy atom. The van der Waals surface area contributed by atoms with Gasteiger partial charge in [-0.15, -0.1) is 0 Å². The predicted octanol–water partition coefficient (Wildman–Crippen LogP) is 1.99. The zero-order chi connectivity index (χ0) is 16.5. The van der Waals surface area contributed by atoms with Crippen LogP contribution in [0.25, 0.3) is 0 Å². The van der Waals surface area contributed by atoms with Gasteiger partial charge in [-0.1, -0.05) is 6.07 Å². The van der Waals surface area contributed by atoms with Gasteiger partial charge >= 0.3 is 0 Å². The van der Waals surface area contributed by atoms with Crippen LogP contribution in [-0.4, -0.2) is 59.1 Å². The first-order chi connectivity index (χ1) is 11.7. The van der Waals surface area contributed by atoms with E-state index in [1.54, 1.807) is 0 Å². The van der Waals surface area contributed by atoms with Crippen LogP contribution in [0, 0.1) is 12.8 Å². The maximum absolute atomic E-state index is 12.3. The zero-order valence-corrected chi connectivity index (χ0v) is 14.5. The van der Waals surface area contributed by atoms with E-state index in [9.17, 15) is 4.79 Å². The molecule has 3 fully saturated rings. The van der Waals surface area contributed by atoms with Crippen molar-refractivity contribution in [3.8, 4) is 0 Å². The molecule has 0 spiro atoms. The number of hydrogen-bond donors (Lipinski definition) is 0. The van der Waals surface area contributed by atoms with Crippen molar-refractivity contribution >= 4 is 5.91 Å². The first kappa shape index (κ1) is 16.0. The highest BCUT2D eigenvalue weighted by Gasteiger charge is 2.42. The third-order valence-corrected chi connectivity index (χ3v) is 5.58. The highest BCUT2D eigenvalue weighted by atomic mass is 16.5. The van der Waals surface area contributed by atoms with E-state index in [0.29, 0.717) is 24.3 Å². The molecule has 24 heavy (non-hydrogen) atoms. The maximum Gasteiger partial charge on any atom is 0.225 e. The molecule has 3 saturated heterocycles. The van der Waals surface area contributed by atoms with Crippen molar-refractivity contribution in [3.05, 3.63) is 29.6 Å². The van der Waals surface area contributed by atoms with Gasteiger partial charge in [-0.25, -0.2) is 0 Å². The van der Waals surface area contributed by atoms with Crippen molar-refractivity contribution in [2.75, 3.05) is 26.2 Å². The van der Waals surface area contributed by atoms with Gasteiger partial charge in [0.1, 0.15) is 0 Å². The van der Waals surface area contributed by atoms with E-state index >= 15 is 0 Å². The summed E-state index contributed by atoms with van der Waals surface area (Å²) in [6.07, 6.45) is 4.35. The molecule has 3 aliphatic heterocycles. The molecule has 130 valence electrons. The Bertz CT molecular complexity index is 586. The van der Waals surface area contributed by atoms with Crippen molar-refractivity contribution in [1.29, 1.82) is 0 Å². The van der Waals surface area contributed by atoms with Gasteiger partial charge in [-0.2, -0.15) is 0 Å². The molecule has 0 aromatic carbocycles. The average molecular weight is 329 g/mol. The van der Waals surface area contributed by atoms with Crippen LogP contribution in [0.1, 0.15) is 37.1 Å². The van der Waals surface area contributed by atoms with Gasteiger partial charge < -0.3 is 9.64 Å². The average Bonchev–Trinajstić information content (AvgIpc) is 3.23. The predicted molar refractivity (Wildman–Crippen MR) is 91.5 cm³/mol. The lowest BCUT2D eigenvalue weighted by Gasteiger charge is -2.21. The maximum atomic E-state index is 12.3. The number of ether oxygens (including phenoxy) is 1. The second-order valence-electron chi connectivity index (χ2n) is 7.55. The molecule has 0 radical (unpaired) electrons. The minimum absolute atomic E-state index is 0.132. The van der Waals surface area contributed by atoms with Crippen molar-refractivity contribution in [2.24, 2.45) is 5.92 Å². The minimum Gasteiger partial charge on any atom is -0.373 e. The normalized spacial score (nSPS) is 30.0. The number of pyridine rings is 1. The molecule has 4 rings (SSSR count). The Hall–Kier alpha value is -1.46. The smallest absolute Gasteiger partial charge is 0.225 e. The Morgan fingerprint density at radius 1 is 1.29 bits per heavy atom. The van der Waals surface area contributed by atoms with Crippen molar-refractivity contribution in [2.45, 2.75) is 51.4 Å². The second kappa shape index (κ2) is 6.81. The Labute approximate surface area is 144 Å². The zero-order valence-electron chi connectivity index (χ0n) is 14.5. The summed E-state index contributed by atoms with van der Waals surface area (Å²) in [4.78, 5) is 21.3. The van der Waals surface area contributed by atoms with Gasteiger partial charge in [-0.3, -0.25) is 14.7 Å². The molecule has 3 aliphatic rings. The summed E-state index contributed by atoms with van der Waals surface area (Å²) in [5.74, 6) is 0.865. The number of amides is 1. The topological polar surface area (TPSA) is 45.7 Å². The fourth-order valence-corrected chi connectivity index (χ4v) is 4.42. The van der Waals surface area contributed by atoms with Crippen LogP contribution in [0.3, 0.4) is 0 Å². The van der Waals surface area contributed by atoms with E-state index in [4.69, 9.17) is 4.74 Å². The lowest BCUT2D eigenvalue weighted by Crippen LogP contribution is -2.32. The summed E-state index contributed by atoms with van der Waals surface area (Å²) in [6, 6.07) is 6.21. The fraction of sp³-hybridized carbons (Fsp3) is 0.684. The molecule has 4 heterocycles. The Kier molecular flexibility index (Phi) is 4.55. The van der Waals surface area contributed by atoms with Crippen LogP contribution in [-0.2, 0) is 16.1 Å². The molecule has 1 aromatic heterocycles. The first-order valence-electron chi connectivity index (χ1n) is 9.25. The number of fused-ring (bicyclic) bond motifs is 1. The minimum atomic E-state index is 0.132. The summed E-state index contributed by atoms with van der Waals surface area (Å²) < 4.78 is 6.20. The van der Waals surface area contributed by atoms with E-state index in [0.717, 1.165) is 63.4 Å². The van der Waals surface area contributed by atoms with Crippen LogP contribution in [0.5, 0.6) is 0 Å². The summed E-state index contributed by atoms with van der Waals surface area (Å²) in [7, 11) is 0. The number of carbonyl (C=O) groups excluding carboxylic acids is 1. The quantitative estimate of drug-likeness (QED) is 0.847. The molecule has 1 aromatic rings. The van der Waals surface area contributed by atoms with Gasteiger partial charge in [-0.05, 0) is 38.3 Å². The fourth-order valence-electron chi connectivity index (χ4n) is 4.42. The molecule has 0 unspecified atom stereocenters. The molecule has 3 atom stereocenters. The number of aromatic nitrogens is 1. The van der Waals surface area contributed by atoms with E-state index in [1.165, 1.54) is 0 Å². The molecular weight excluding hydrogens is 302 g/mol. The molecule has 1 amide bonds. The summed E-state index contributed by atoms with van der Waals surface area (Å²) in [5.41, 5.74) is 2.21. The van der Waals surface area contributed by atoms with Gasteiger partial charge in [0, 0.05) is 44.3 Å². The highest BCUT2D eigenvalue weighted by molar-refractivity contribution is 5.77. The Morgan fingerprint density at radius 3 is 2.88 bits per heavy atom. The summed E-state index contributed by atoms with van der Waals surface area (Å²) in [5, 5.41) is 0. The van der Waals surface area contributed by atoms with Crippen LogP contribution >= 0.6 is 0 Å². The monoisotopic (exact) mass is 329 g/mol. The summed E-state index contributed by atoms with van der Waals surface area (Å²) >= 11 is 0. The van der Waals surface area contributed by atoms with Gasteiger partial charge in [0.15, 0.2) is 0 Å². The number of nitrogens with zero attached hydrogens (tertiary/aromatic N) is 3. The lowest BCUT2D eigenvalue weighted by atomic mass is 10.0. The highest BCUT2D eigenvalue weighted by Crippen LogP contribution is 2.35. The lowest BCUT2D eigenvalue weighted by molar-refractivity contribution is -0.132. The van der Waals surface area contributed by atoms with Crippen molar-refractivity contribution < 1.29 is 9.53 Å². The number of carbonyl (C=O) groups is 1. The molecule has 5 heteroatoms. The molecular formula is C19H27N3O2. The molecule has 0 bridgehead atoms. The van der Waals surface area contributed by atoms with Gasteiger partial charge in [0.25, 0.3) is 0 Å².